The molecule has 2 aliphatic heterocycles. The van der Waals surface area contributed by atoms with Crippen molar-refractivity contribution in [1.82, 2.24) is 9.88 Å². The molecule has 2 aliphatic rings. The highest BCUT2D eigenvalue weighted by atomic mass is 32.1. The minimum Gasteiger partial charge on any atom is -0.486 e. The topological polar surface area (TPSA) is 63.7 Å². The zero-order valence-electron chi connectivity index (χ0n) is 14.2. The lowest BCUT2D eigenvalue weighted by atomic mass is 10.2. The highest BCUT2D eigenvalue weighted by molar-refractivity contribution is 7.15. The summed E-state index contributed by atoms with van der Waals surface area (Å²) >= 11 is 1.58. The van der Waals surface area contributed by atoms with Crippen molar-refractivity contribution in [2.45, 2.75) is 26.3 Å². The van der Waals surface area contributed by atoms with Crippen LogP contribution in [0.25, 0.3) is 0 Å². The Bertz CT molecular complexity index is 790. The highest BCUT2D eigenvalue weighted by Crippen LogP contribution is 2.32. The minimum atomic E-state index is -0.173. The number of amides is 1. The molecule has 4 rings (SSSR count). The maximum Gasteiger partial charge on any atom is 0.257 e. The van der Waals surface area contributed by atoms with E-state index in [4.69, 9.17) is 9.47 Å². The van der Waals surface area contributed by atoms with Gasteiger partial charge in [-0.2, -0.15) is 0 Å². The number of nitrogens with zero attached hydrogens (tertiary/aromatic N) is 2. The van der Waals surface area contributed by atoms with Crippen LogP contribution in [0, 0.1) is 0 Å². The monoisotopic (exact) mass is 359 g/mol. The summed E-state index contributed by atoms with van der Waals surface area (Å²) < 4.78 is 11.0. The largest absolute Gasteiger partial charge is 0.486 e. The molecule has 0 saturated heterocycles. The molecule has 1 amide bonds. The van der Waals surface area contributed by atoms with Crippen LogP contribution in [0.3, 0.4) is 0 Å². The minimum absolute atomic E-state index is 0.173. The number of carbonyl (C=O) groups excluding carboxylic acids is 1. The van der Waals surface area contributed by atoms with Crippen molar-refractivity contribution in [3.63, 3.8) is 0 Å². The fourth-order valence-electron chi connectivity index (χ4n) is 3.16. The average molecular weight is 359 g/mol. The number of anilines is 1. The van der Waals surface area contributed by atoms with Crippen molar-refractivity contribution in [1.29, 1.82) is 0 Å². The smallest absolute Gasteiger partial charge is 0.257 e. The van der Waals surface area contributed by atoms with Gasteiger partial charge in [0.1, 0.15) is 13.2 Å². The molecule has 7 heteroatoms. The van der Waals surface area contributed by atoms with E-state index < -0.39 is 0 Å². The Morgan fingerprint density at radius 1 is 1.32 bits per heavy atom. The zero-order valence-corrected chi connectivity index (χ0v) is 15.0. The molecule has 0 fully saturated rings. The van der Waals surface area contributed by atoms with Gasteiger partial charge < -0.3 is 9.47 Å². The van der Waals surface area contributed by atoms with Crippen LogP contribution in [0.4, 0.5) is 5.13 Å². The van der Waals surface area contributed by atoms with Gasteiger partial charge in [-0.1, -0.05) is 6.92 Å². The van der Waals surface area contributed by atoms with Crippen molar-refractivity contribution in [3.05, 3.63) is 34.3 Å². The van der Waals surface area contributed by atoms with E-state index in [1.54, 1.807) is 29.5 Å². The Labute approximate surface area is 150 Å². The second kappa shape index (κ2) is 7.01. The summed E-state index contributed by atoms with van der Waals surface area (Å²) in [7, 11) is 0. The SMILES string of the molecule is CCCN1CCc2nc(NC(=O)c3ccc4c(c3)OCCO4)sc2C1. The van der Waals surface area contributed by atoms with E-state index in [1.165, 1.54) is 4.88 Å². The zero-order chi connectivity index (χ0) is 17.2. The van der Waals surface area contributed by atoms with Crippen LogP contribution in [0.2, 0.25) is 0 Å². The van der Waals surface area contributed by atoms with E-state index >= 15 is 0 Å². The third-order valence-electron chi connectivity index (χ3n) is 4.37. The summed E-state index contributed by atoms with van der Waals surface area (Å²) in [6.07, 6.45) is 2.10. The summed E-state index contributed by atoms with van der Waals surface area (Å²) in [6.45, 7) is 6.32. The molecule has 2 aromatic rings. The number of carbonyl (C=O) groups is 1. The molecular weight excluding hydrogens is 338 g/mol. The van der Waals surface area contributed by atoms with Crippen LogP contribution < -0.4 is 14.8 Å². The van der Waals surface area contributed by atoms with E-state index in [1.807, 2.05) is 0 Å². The van der Waals surface area contributed by atoms with Crippen LogP contribution in [-0.4, -0.2) is 42.1 Å². The van der Waals surface area contributed by atoms with E-state index in [-0.39, 0.29) is 5.91 Å². The Morgan fingerprint density at radius 3 is 3.00 bits per heavy atom. The van der Waals surface area contributed by atoms with Crippen LogP contribution >= 0.6 is 11.3 Å². The lowest BCUT2D eigenvalue weighted by Gasteiger charge is -2.24. The van der Waals surface area contributed by atoms with E-state index in [9.17, 15) is 4.79 Å². The predicted octanol–water partition coefficient (Wildman–Crippen LogP) is 2.93. The number of rotatable bonds is 4. The lowest BCUT2D eigenvalue weighted by molar-refractivity contribution is 0.102. The second-order valence-corrected chi connectivity index (χ2v) is 7.31. The molecule has 0 bridgehead atoms. The van der Waals surface area contributed by atoms with Gasteiger partial charge in [0.05, 0.1) is 5.69 Å². The van der Waals surface area contributed by atoms with Gasteiger partial charge in [0.25, 0.3) is 5.91 Å². The van der Waals surface area contributed by atoms with Crippen molar-refractivity contribution < 1.29 is 14.3 Å². The van der Waals surface area contributed by atoms with Crippen molar-refractivity contribution in [3.8, 4) is 11.5 Å². The first-order valence-electron chi connectivity index (χ1n) is 8.65. The number of hydrogen-bond acceptors (Lipinski definition) is 6. The number of fused-ring (bicyclic) bond motifs is 2. The quantitative estimate of drug-likeness (QED) is 0.909. The molecule has 132 valence electrons. The average Bonchev–Trinajstić information content (AvgIpc) is 3.03. The molecule has 0 aliphatic carbocycles. The Morgan fingerprint density at radius 2 is 2.16 bits per heavy atom. The first kappa shape index (κ1) is 16.4. The van der Waals surface area contributed by atoms with Crippen molar-refractivity contribution in [2.24, 2.45) is 0 Å². The molecule has 0 saturated carbocycles. The number of nitrogens with one attached hydrogen (secondary N) is 1. The maximum atomic E-state index is 12.5. The van der Waals surface area contributed by atoms with E-state index in [0.29, 0.717) is 35.4 Å². The Balaban J connectivity index is 1.47. The van der Waals surface area contributed by atoms with Gasteiger partial charge in [-0.3, -0.25) is 15.0 Å². The van der Waals surface area contributed by atoms with Crippen molar-refractivity contribution in [2.75, 3.05) is 31.6 Å². The molecular formula is C18H21N3O3S. The van der Waals surface area contributed by atoms with Gasteiger partial charge in [0.15, 0.2) is 16.6 Å². The van der Waals surface area contributed by atoms with Crippen LogP contribution in [0.15, 0.2) is 18.2 Å². The number of benzene rings is 1. The molecule has 1 N–H and O–H groups in total. The first-order chi connectivity index (χ1) is 12.2. The van der Waals surface area contributed by atoms with Gasteiger partial charge >= 0.3 is 0 Å². The van der Waals surface area contributed by atoms with Gasteiger partial charge in [0.2, 0.25) is 0 Å². The van der Waals surface area contributed by atoms with Crippen molar-refractivity contribution >= 4 is 22.4 Å². The molecule has 0 atom stereocenters. The molecule has 1 aromatic carbocycles. The molecule has 1 aromatic heterocycles. The van der Waals surface area contributed by atoms with Crippen LogP contribution in [0.1, 0.15) is 34.3 Å². The maximum absolute atomic E-state index is 12.5. The molecule has 0 unspecified atom stereocenters. The predicted molar refractivity (Wildman–Crippen MR) is 96.8 cm³/mol. The Kier molecular flexibility index (Phi) is 4.59. The summed E-state index contributed by atoms with van der Waals surface area (Å²) in [5.74, 6) is 1.13. The number of ether oxygens (including phenoxy) is 2. The molecule has 6 nitrogen and oxygen atoms in total. The third-order valence-corrected chi connectivity index (χ3v) is 5.37. The molecule has 0 spiro atoms. The van der Waals surface area contributed by atoms with E-state index in [2.05, 4.69) is 22.1 Å². The Hall–Kier alpha value is -2.12. The third kappa shape index (κ3) is 3.48. The normalized spacial score (nSPS) is 16.4. The summed E-state index contributed by atoms with van der Waals surface area (Å²) in [5.41, 5.74) is 1.67. The fourth-order valence-corrected chi connectivity index (χ4v) is 4.21. The fraction of sp³-hybridized carbons (Fsp3) is 0.444. The van der Waals surface area contributed by atoms with Crippen LogP contribution in [-0.2, 0) is 13.0 Å². The molecule has 25 heavy (non-hydrogen) atoms. The lowest BCUT2D eigenvalue weighted by Crippen LogP contribution is -2.30. The number of hydrogen-bond donors (Lipinski definition) is 1. The van der Waals surface area contributed by atoms with Crippen LogP contribution in [0.5, 0.6) is 11.5 Å². The summed E-state index contributed by atoms with van der Waals surface area (Å²) in [4.78, 5) is 20.8. The highest BCUT2D eigenvalue weighted by Gasteiger charge is 2.21. The molecule has 3 heterocycles. The van der Waals surface area contributed by atoms with Gasteiger partial charge in [0, 0.05) is 30.0 Å². The van der Waals surface area contributed by atoms with Gasteiger partial charge in [-0.25, -0.2) is 4.98 Å². The number of thiazole rings is 1. The summed E-state index contributed by atoms with van der Waals surface area (Å²) in [5, 5.41) is 3.59. The first-order valence-corrected chi connectivity index (χ1v) is 9.46. The second-order valence-electron chi connectivity index (χ2n) is 6.23. The molecule has 0 radical (unpaired) electrons. The standard InChI is InChI=1S/C18H21N3O3S/c1-2-6-21-7-5-13-16(11-21)25-18(19-13)20-17(22)12-3-4-14-15(10-12)24-9-8-23-14/h3-4,10H,2,5-9,11H2,1H3,(H,19,20,22). The summed E-state index contributed by atoms with van der Waals surface area (Å²) in [6, 6.07) is 5.25. The van der Waals surface area contributed by atoms with Gasteiger partial charge in [-0.05, 0) is 31.2 Å². The van der Waals surface area contributed by atoms with Gasteiger partial charge in [-0.15, -0.1) is 11.3 Å². The van der Waals surface area contributed by atoms with E-state index in [0.717, 1.165) is 38.2 Å². The number of aromatic nitrogens is 1.